The zero-order chi connectivity index (χ0) is 22.2. The van der Waals surface area contributed by atoms with Gasteiger partial charge >= 0.3 is 5.69 Å². The van der Waals surface area contributed by atoms with E-state index in [4.69, 9.17) is 14.7 Å². The van der Waals surface area contributed by atoms with Gasteiger partial charge in [0.1, 0.15) is 12.3 Å². The van der Waals surface area contributed by atoms with E-state index in [-0.39, 0.29) is 30.0 Å². The number of aromatic nitrogens is 5. The van der Waals surface area contributed by atoms with Gasteiger partial charge in [-0.15, -0.1) is 0 Å². The molecule has 0 bridgehead atoms. The Bertz CT molecular complexity index is 1510. The minimum atomic E-state index is -0.513. The molecule has 0 spiro atoms. The van der Waals surface area contributed by atoms with Gasteiger partial charge in [-0.2, -0.15) is 9.61 Å². The van der Waals surface area contributed by atoms with Crippen LogP contribution in [0.25, 0.3) is 23.0 Å². The van der Waals surface area contributed by atoms with E-state index in [1.54, 1.807) is 35.0 Å². The number of Topliss-reactive ketones (excluding diaryl/α,β-unsaturated/α-hetero) is 1. The van der Waals surface area contributed by atoms with Gasteiger partial charge < -0.3 is 14.8 Å². The summed E-state index contributed by atoms with van der Waals surface area (Å²) < 4.78 is 6.59. The Morgan fingerprint density at radius 1 is 1.34 bits per heavy atom. The summed E-state index contributed by atoms with van der Waals surface area (Å²) in [7, 11) is 1.48. The number of H-pyrrole nitrogens is 2. The fraction of sp³-hybridized carbons (Fsp3) is 0.227. The SMILES string of the molecule is COCC(=O)c1cccc(-c2cc(=NC3CC3)n3ncc(=Cc4[nH]c(=O)[nH]c4O)c3n2)c1. The van der Waals surface area contributed by atoms with Crippen LogP contribution in [0.15, 0.2) is 46.3 Å². The maximum absolute atomic E-state index is 12.3. The number of carbonyl (C=O) groups excluding carboxylic acids is 1. The highest BCUT2D eigenvalue weighted by molar-refractivity contribution is 5.98. The Labute approximate surface area is 180 Å². The highest BCUT2D eigenvalue weighted by Gasteiger charge is 2.20. The minimum Gasteiger partial charge on any atom is -0.493 e. The third kappa shape index (κ3) is 3.83. The molecule has 3 heterocycles. The number of benzene rings is 1. The number of nitrogens with zero attached hydrogens (tertiary/aromatic N) is 4. The monoisotopic (exact) mass is 432 g/mol. The molecular weight excluding hydrogens is 412 g/mol. The first kappa shape index (κ1) is 19.9. The van der Waals surface area contributed by atoms with Crippen molar-refractivity contribution in [2.24, 2.45) is 4.99 Å². The maximum Gasteiger partial charge on any atom is 0.326 e. The van der Waals surface area contributed by atoms with Crippen molar-refractivity contribution in [1.82, 2.24) is 24.6 Å². The van der Waals surface area contributed by atoms with Gasteiger partial charge in [0.05, 0.1) is 17.9 Å². The fourth-order valence-corrected chi connectivity index (χ4v) is 3.41. The Balaban J connectivity index is 1.71. The van der Waals surface area contributed by atoms with Gasteiger partial charge in [-0.1, -0.05) is 18.2 Å². The molecule has 32 heavy (non-hydrogen) atoms. The Hall–Kier alpha value is -4.05. The summed E-state index contributed by atoms with van der Waals surface area (Å²) in [5, 5.41) is 14.9. The van der Waals surface area contributed by atoms with E-state index in [2.05, 4.69) is 15.1 Å². The van der Waals surface area contributed by atoms with E-state index >= 15 is 0 Å². The highest BCUT2D eigenvalue weighted by Crippen LogP contribution is 2.23. The van der Waals surface area contributed by atoms with Crippen LogP contribution in [0.3, 0.4) is 0 Å². The number of ether oxygens (including phenoxy) is 1. The number of nitrogens with one attached hydrogen (secondary N) is 2. The van der Waals surface area contributed by atoms with Crippen LogP contribution in [0.2, 0.25) is 0 Å². The van der Waals surface area contributed by atoms with E-state index in [0.717, 1.165) is 18.4 Å². The molecule has 1 aliphatic carbocycles. The zero-order valence-corrected chi connectivity index (χ0v) is 17.2. The molecule has 3 aromatic heterocycles. The summed E-state index contributed by atoms with van der Waals surface area (Å²) in [6, 6.07) is 9.28. The number of fused-ring (bicyclic) bond motifs is 1. The summed E-state index contributed by atoms with van der Waals surface area (Å²) in [4.78, 5) is 38.1. The van der Waals surface area contributed by atoms with Crippen LogP contribution in [-0.4, -0.2) is 55.2 Å². The van der Waals surface area contributed by atoms with Crippen molar-refractivity contribution >= 4 is 17.5 Å². The van der Waals surface area contributed by atoms with Crippen LogP contribution in [-0.2, 0) is 4.74 Å². The maximum atomic E-state index is 12.3. The molecule has 1 aliphatic rings. The molecule has 0 aliphatic heterocycles. The first-order valence-electron chi connectivity index (χ1n) is 10.1. The van der Waals surface area contributed by atoms with Crippen molar-refractivity contribution in [3.63, 3.8) is 0 Å². The number of aromatic hydroxyl groups is 1. The molecule has 1 aromatic carbocycles. The Morgan fingerprint density at radius 3 is 2.91 bits per heavy atom. The summed E-state index contributed by atoms with van der Waals surface area (Å²) >= 11 is 0. The second-order valence-electron chi connectivity index (χ2n) is 7.62. The van der Waals surface area contributed by atoms with Crippen LogP contribution >= 0.6 is 0 Å². The fourth-order valence-electron chi connectivity index (χ4n) is 3.41. The van der Waals surface area contributed by atoms with Crippen molar-refractivity contribution < 1.29 is 14.6 Å². The van der Waals surface area contributed by atoms with E-state index in [0.29, 0.717) is 27.6 Å². The second-order valence-corrected chi connectivity index (χ2v) is 7.62. The number of ketones is 1. The zero-order valence-electron chi connectivity index (χ0n) is 17.2. The lowest BCUT2D eigenvalue weighted by Gasteiger charge is -2.06. The number of imidazole rings is 1. The van der Waals surface area contributed by atoms with Crippen LogP contribution < -0.4 is 16.4 Å². The van der Waals surface area contributed by atoms with E-state index < -0.39 is 5.69 Å². The van der Waals surface area contributed by atoms with Gasteiger partial charge in [-0.3, -0.25) is 14.8 Å². The van der Waals surface area contributed by atoms with Crippen molar-refractivity contribution in [2.75, 3.05) is 13.7 Å². The molecule has 1 fully saturated rings. The summed E-state index contributed by atoms with van der Waals surface area (Å²) in [6.45, 7) is -0.00172. The van der Waals surface area contributed by atoms with Gasteiger partial charge in [0.15, 0.2) is 16.9 Å². The molecule has 0 unspecified atom stereocenters. The molecule has 5 rings (SSSR count). The van der Waals surface area contributed by atoms with Crippen LogP contribution in [0.1, 0.15) is 28.9 Å². The predicted molar refractivity (Wildman–Crippen MR) is 115 cm³/mol. The molecule has 0 saturated heterocycles. The third-order valence-electron chi connectivity index (χ3n) is 5.13. The largest absolute Gasteiger partial charge is 0.493 e. The first-order chi connectivity index (χ1) is 15.5. The van der Waals surface area contributed by atoms with Gasteiger partial charge in [0.25, 0.3) is 0 Å². The molecule has 162 valence electrons. The number of aromatic amines is 2. The number of methoxy groups -OCH3 is 1. The van der Waals surface area contributed by atoms with E-state index in [1.165, 1.54) is 7.11 Å². The first-order valence-corrected chi connectivity index (χ1v) is 10.1. The summed E-state index contributed by atoms with van der Waals surface area (Å²) in [6.07, 6.45) is 5.24. The molecule has 10 heteroatoms. The van der Waals surface area contributed by atoms with Gasteiger partial charge in [-0.25, -0.2) is 9.78 Å². The van der Waals surface area contributed by atoms with Crippen molar-refractivity contribution in [3.8, 4) is 17.1 Å². The molecule has 10 nitrogen and oxygen atoms in total. The molecule has 0 amide bonds. The Morgan fingerprint density at radius 2 is 2.19 bits per heavy atom. The number of hydrogen-bond acceptors (Lipinski definition) is 7. The van der Waals surface area contributed by atoms with Crippen LogP contribution in [0.5, 0.6) is 5.88 Å². The van der Waals surface area contributed by atoms with Gasteiger partial charge in [0.2, 0.25) is 5.88 Å². The van der Waals surface area contributed by atoms with Crippen molar-refractivity contribution in [1.29, 1.82) is 0 Å². The van der Waals surface area contributed by atoms with Crippen LogP contribution in [0, 0.1) is 0 Å². The summed E-state index contributed by atoms with van der Waals surface area (Å²) in [5.74, 6) is -0.388. The van der Waals surface area contributed by atoms with Crippen molar-refractivity contribution in [2.45, 2.75) is 18.9 Å². The lowest BCUT2D eigenvalue weighted by Crippen LogP contribution is -2.19. The van der Waals surface area contributed by atoms with Gasteiger partial charge in [0, 0.05) is 29.5 Å². The second kappa shape index (κ2) is 7.89. The minimum absolute atomic E-state index is 0.00172. The number of hydrogen-bond donors (Lipinski definition) is 3. The van der Waals surface area contributed by atoms with Crippen molar-refractivity contribution in [3.05, 3.63) is 69.0 Å². The molecule has 1 saturated carbocycles. The molecule has 0 radical (unpaired) electrons. The number of rotatable bonds is 6. The molecule has 4 aromatic rings. The lowest BCUT2D eigenvalue weighted by atomic mass is 10.1. The van der Waals surface area contributed by atoms with E-state index in [9.17, 15) is 14.7 Å². The topological polar surface area (TPSA) is 138 Å². The van der Waals surface area contributed by atoms with Crippen LogP contribution in [0.4, 0.5) is 0 Å². The van der Waals surface area contributed by atoms with E-state index in [1.807, 2.05) is 12.1 Å². The highest BCUT2D eigenvalue weighted by atomic mass is 16.5. The third-order valence-corrected chi connectivity index (χ3v) is 5.13. The molecule has 3 N–H and O–H groups in total. The average molecular weight is 432 g/mol. The van der Waals surface area contributed by atoms with Gasteiger partial charge in [-0.05, 0) is 25.0 Å². The Kier molecular flexibility index (Phi) is 4.91. The normalized spacial score (nSPS) is 15.0. The summed E-state index contributed by atoms with van der Waals surface area (Å²) in [5.41, 5.74) is 2.79. The smallest absolute Gasteiger partial charge is 0.326 e. The molecule has 0 atom stereocenters. The predicted octanol–water partition coefficient (Wildman–Crippen LogP) is 0.558. The standard InChI is InChI=1S/C22H20N6O4/c1-32-11-18(29)13-4-2-3-12(7-13)16-9-19(24-15-5-6-15)28-20(25-16)14(10-23-28)8-17-21(30)27-22(31)26-17/h2-4,7-10,15,30H,5-6,11H2,1H3,(H2,26,27,31). The quantitative estimate of drug-likeness (QED) is 0.381. The molecular formula is C22H20N6O4. The average Bonchev–Trinajstić information content (AvgIpc) is 3.42. The lowest BCUT2D eigenvalue weighted by molar-refractivity contribution is 0.0848. The number of carbonyl (C=O) groups is 1.